The van der Waals surface area contributed by atoms with Gasteiger partial charge in [0.05, 0.1) is 10.9 Å². The first-order valence-corrected chi connectivity index (χ1v) is 5.93. The molecule has 3 rings (SSSR count). The molecule has 102 valence electrons. The van der Waals surface area contributed by atoms with Crippen molar-refractivity contribution in [2.24, 2.45) is 7.05 Å². The minimum Gasteiger partial charge on any atom is -0.250 e. The second-order valence-electron chi connectivity index (χ2n) is 4.39. The molecular formula is C14H10F3N3. The first kappa shape index (κ1) is 12.7. The van der Waals surface area contributed by atoms with Crippen molar-refractivity contribution in [3.05, 3.63) is 48.2 Å². The van der Waals surface area contributed by atoms with Crippen LogP contribution in [0.5, 0.6) is 0 Å². The zero-order valence-electron chi connectivity index (χ0n) is 10.5. The van der Waals surface area contributed by atoms with Gasteiger partial charge in [0.15, 0.2) is 5.65 Å². The Morgan fingerprint density at radius 1 is 1.05 bits per heavy atom. The molecule has 0 atom stereocenters. The Kier molecular flexibility index (Phi) is 2.74. The van der Waals surface area contributed by atoms with Crippen molar-refractivity contribution < 1.29 is 13.2 Å². The lowest BCUT2D eigenvalue weighted by Gasteiger charge is -2.08. The number of hydrogen-bond acceptors (Lipinski definition) is 2. The quantitative estimate of drug-likeness (QED) is 0.679. The van der Waals surface area contributed by atoms with Crippen LogP contribution < -0.4 is 0 Å². The molecule has 0 saturated carbocycles. The van der Waals surface area contributed by atoms with E-state index >= 15 is 0 Å². The number of aromatic nitrogens is 3. The highest BCUT2D eigenvalue weighted by Crippen LogP contribution is 2.38. The van der Waals surface area contributed by atoms with E-state index in [0.29, 0.717) is 11.3 Å². The molecule has 0 N–H and O–H groups in total. The average Bonchev–Trinajstić information content (AvgIpc) is 2.76. The van der Waals surface area contributed by atoms with Gasteiger partial charge in [-0.2, -0.15) is 18.3 Å². The van der Waals surface area contributed by atoms with Crippen LogP contribution in [0.4, 0.5) is 13.2 Å². The van der Waals surface area contributed by atoms with Crippen LogP contribution in [0.15, 0.2) is 42.6 Å². The van der Waals surface area contributed by atoms with Crippen molar-refractivity contribution in [2.75, 3.05) is 0 Å². The molecule has 2 heterocycles. The third-order valence-electron chi connectivity index (χ3n) is 3.08. The highest BCUT2D eigenvalue weighted by atomic mass is 19.4. The fraction of sp³-hybridized carbons (Fsp3) is 0.143. The Labute approximate surface area is 112 Å². The van der Waals surface area contributed by atoms with Crippen LogP contribution in [0.2, 0.25) is 0 Å². The number of alkyl halides is 3. The van der Waals surface area contributed by atoms with Crippen molar-refractivity contribution in [1.82, 2.24) is 14.8 Å². The Bertz CT molecular complexity index is 760. The Morgan fingerprint density at radius 2 is 1.75 bits per heavy atom. The molecule has 0 bridgehead atoms. The maximum absolute atomic E-state index is 13.2. The van der Waals surface area contributed by atoms with Crippen LogP contribution in [0, 0.1) is 0 Å². The number of fused-ring (bicyclic) bond motifs is 1. The predicted octanol–water partition coefficient (Wildman–Crippen LogP) is 3.65. The van der Waals surface area contributed by atoms with Crippen molar-refractivity contribution in [1.29, 1.82) is 0 Å². The summed E-state index contributed by atoms with van der Waals surface area (Å²) in [4.78, 5) is 4.00. The number of nitrogens with zero attached hydrogens (tertiary/aromatic N) is 3. The SMILES string of the molecule is Cn1nc(-c2ccccc2)c2c(C(F)(F)F)ccnc21. The standard InChI is InChI=1S/C14H10F3N3/c1-20-13-11(10(7-8-18-13)14(15,16)17)12(19-20)9-5-3-2-4-6-9/h2-8H,1H3. The molecule has 0 saturated heterocycles. The van der Waals surface area contributed by atoms with Gasteiger partial charge in [-0.1, -0.05) is 30.3 Å². The molecule has 20 heavy (non-hydrogen) atoms. The first-order chi connectivity index (χ1) is 9.48. The molecule has 0 aliphatic carbocycles. The zero-order chi connectivity index (χ0) is 14.3. The van der Waals surface area contributed by atoms with Gasteiger partial charge in [-0.05, 0) is 6.07 Å². The highest BCUT2D eigenvalue weighted by Gasteiger charge is 2.35. The van der Waals surface area contributed by atoms with E-state index in [1.807, 2.05) is 0 Å². The monoisotopic (exact) mass is 277 g/mol. The molecule has 3 nitrogen and oxygen atoms in total. The van der Waals surface area contributed by atoms with Gasteiger partial charge >= 0.3 is 6.18 Å². The lowest BCUT2D eigenvalue weighted by atomic mass is 10.1. The van der Waals surface area contributed by atoms with Gasteiger partial charge in [0.1, 0.15) is 5.69 Å². The molecule has 3 aromatic rings. The van der Waals surface area contributed by atoms with Crippen LogP contribution >= 0.6 is 0 Å². The Balaban J connectivity index is 2.39. The number of hydrogen-bond donors (Lipinski definition) is 0. The average molecular weight is 277 g/mol. The Hall–Kier alpha value is -2.37. The van der Waals surface area contributed by atoms with Gasteiger partial charge in [-0.3, -0.25) is 0 Å². The second kappa shape index (κ2) is 4.33. The van der Waals surface area contributed by atoms with E-state index < -0.39 is 11.7 Å². The summed E-state index contributed by atoms with van der Waals surface area (Å²) >= 11 is 0. The topological polar surface area (TPSA) is 30.7 Å². The van der Waals surface area contributed by atoms with Gasteiger partial charge in [0.2, 0.25) is 0 Å². The molecule has 6 heteroatoms. The summed E-state index contributed by atoms with van der Waals surface area (Å²) in [5.41, 5.74) is 0.438. The van der Waals surface area contributed by atoms with E-state index in [-0.39, 0.29) is 11.0 Å². The van der Waals surface area contributed by atoms with Crippen LogP contribution in [0.1, 0.15) is 5.56 Å². The summed E-state index contributed by atoms with van der Waals surface area (Å²) < 4.78 is 40.8. The van der Waals surface area contributed by atoms with E-state index in [1.54, 1.807) is 37.4 Å². The van der Waals surface area contributed by atoms with Crippen molar-refractivity contribution in [3.8, 4) is 11.3 Å². The van der Waals surface area contributed by atoms with Gasteiger partial charge in [-0.15, -0.1) is 0 Å². The van der Waals surface area contributed by atoms with E-state index in [4.69, 9.17) is 0 Å². The third kappa shape index (κ3) is 1.93. The maximum atomic E-state index is 13.2. The summed E-state index contributed by atoms with van der Waals surface area (Å²) in [7, 11) is 1.59. The van der Waals surface area contributed by atoms with Crippen LogP contribution in [0.3, 0.4) is 0 Å². The van der Waals surface area contributed by atoms with E-state index in [9.17, 15) is 13.2 Å². The van der Waals surface area contributed by atoms with E-state index in [0.717, 1.165) is 12.3 Å². The van der Waals surface area contributed by atoms with E-state index in [2.05, 4.69) is 10.1 Å². The summed E-state index contributed by atoms with van der Waals surface area (Å²) in [6.07, 6.45) is -3.28. The molecule has 0 amide bonds. The minimum absolute atomic E-state index is 0.0358. The smallest absolute Gasteiger partial charge is 0.250 e. The molecule has 0 unspecified atom stereocenters. The van der Waals surface area contributed by atoms with Gasteiger partial charge in [0.25, 0.3) is 0 Å². The van der Waals surface area contributed by atoms with Crippen LogP contribution in [-0.2, 0) is 13.2 Å². The van der Waals surface area contributed by atoms with Crippen molar-refractivity contribution in [2.45, 2.75) is 6.18 Å². The summed E-state index contributed by atoms with van der Waals surface area (Å²) in [5.74, 6) is 0. The Morgan fingerprint density at radius 3 is 2.40 bits per heavy atom. The fourth-order valence-electron chi connectivity index (χ4n) is 2.21. The second-order valence-corrected chi connectivity index (χ2v) is 4.39. The molecule has 0 aliphatic rings. The van der Waals surface area contributed by atoms with Gasteiger partial charge < -0.3 is 0 Å². The largest absolute Gasteiger partial charge is 0.417 e. The summed E-state index contributed by atoms with van der Waals surface area (Å²) in [5, 5.41) is 4.22. The molecule has 0 fully saturated rings. The summed E-state index contributed by atoms with van der Waals surface area (Å²) in [6.45, 7) is 0. The van der Waals surface area contributed by atoms with Gasteiger partial charge in [-0.25, -0.2) is 9.67 Å². The van der Waals surface area contributed by atoms with Crippen molar-refractivity contribution in [3.63, 3.8) is 0 Å². The molecule has 0 radical (unpaired) electrons. The summed E-state index contributed by atoms with van der Waals surface area (Å²) in [6, 6.07) is 9.77. The number of aryl methyl sites for hydroxylation is 1. The molecular weight excluding hydrogens is 267 g/mol. The lowest BCUT2D eigenvalue weighted by molar-refractivity contribution is -0.136. The number of halogens is 3. The molecule has 0 spiro atoms. The highest BCUT2D eigenvalue weighted by molar-refractivity contribution is 5.94. The molecule has 1 aromatic carbocycles. The number of pyridine rings is 1. The predicted molar refractivity (Wildman–Crippen MR) is 68.9 cm³/mol. The van der Waals surface area contributed by atoms with Crippen LogP contribution in [-0.4, -0.2) is 14.8 Å². The van der Waals surface area contributed by atoms with Crippen molar-refractivity contribution >= 4 is 11.0 Å². The first-order valence-electron chi connectivity index (χ1n) is 5.93. The molecule has 2 aromatic heterocycles. The van der Waals surface area contributed by atoms with E-state index in [1.165, 1.54) is 4.68 Å². The number of rotatable bonds is 1. The maximum Gasteiger partial charge on any atom is 0.417 e. The number of benzene rings is 1. The minimum atomic E-state index is -4.44. The fourth-order valence-corrected chi connectivity index (χ4v) is 2.21. The zero-order valence-corrected chi connectivity index (χ0v) is 10.5. The third-order valence-corrected chi connectivity index (χ3v) is 3.08. The van der Waals surface area contributed by atoms with Gasteiger partial charge in [0, 0.05) is 18.8 Å². The normalized spacial score (nSPS) is 12.0. The molecule has 0 aliphatic heterocycles. The van der Waals surface area contributed by atoms with Crippen LogP contribution in [0.25, 0.3) is 22.3 Å². The lowest BCUT2D eigenvalue weighted by Crippen LogP contribution is -2.06.